The van der Waals surface area contributed by atoms with Crippen LogP contribution in [0.1, 0.15) is 73.6 Å². The Kier molecular flexibility index (Phi) is 14.9. The highest BCUT2D eigenvalue weighted by Crippen LogP contribution is 2.25. The van der Waals surface area contributed by atoms with Crippen LogP contribution in [-0.4, -0.2) is 34.6 Å². The van der Waals surface area contributed by atoms with Gasteiger partial charge in [-0.05, 0) is 198 Å². The number of nitrogens with one attached hydrogen (secondary N) is 2. The van der Waals surface area contributed by atoms with Gasteiger partial charge in [-0.2, -0.15) is 0 Å². The van der Waals surface area contributed by atoms with Crippen molar-refractivity contribution in [2.75, 3.05) is 26.2 Å². The number of piperidine rings is 2. The maximum Gasteiger partial charge on any atom is 0.123 e. The average Bonchev–Trinajstić information content (AvgIpc) is 3.14. The molecule has 2 atom stereocenters. The first-order chi connectivity index (χ1) is 24.3. The average molecular weight is 719 g/mol. The molecule has 0 bridgehead atoms. The van der Waals surface area contributed by atoms with E-state index in [2.05, 4.69) is 48.7 Å². The minimum absolute atomic E-state index is 0.303. The Morgan fingerprint density at radius 1 is 0.540 bits per heavy atom. The van der Waals surface area contributed by atoms with Crippen LogP contribution in [0.4, 0.5) is 8.78 Å². The van der Waals surface area contributed by atoms with Crippen molar-refractivity contribution in [3.63, 3.8) is 0 Å². The van der Waals surface area contributed by atoms with Gasteiger partial charge in [0.25, 0.3) is 0 Å². The quantitative estimate of drug-likeness (QED) is 0.153. The first kappa shape index (κ1) is 38.2. The van der Waals surface area contributed by atoms with Gasteiger partial charge in [0, 0.05) is 19.6 Å². The fourth-order valence-electron chi connectivity index (χ4n) is 6.96. The molecule has 0 aliphatic carbocycles. The zero-order chi connectivity index (χ0) is 35.3. The van der Waals surface area contributed by atoms with Gasteiger partial charge in [-0.15, -0.1) is 0 Å². The first-order valence-corrected chi connectivity index (χ1v) is 20.5. The van der Waals surface area contributed by atoms with Crippen molar-refractivity contribution in [2.45, 2.75) is 97.6 Å². The Morgan fingerprint density at radius 2 is 0.880 bits per heavy atom. The van der Waals surface area contributed by atoms with Gasteiger partial charge in [-0.25, -0.2) is 17.2 Å². The highest BCUT2D eigenvalue weighted by atomic mass is 32.2. The summed E-state index contributed by atoms with van der Waals surface area (Å²) in [4.78, 5) is 2.89. The van der Waals surface area contributed by atoms with Crippen molar-refractivity contribution < 1.29 is 17.2 Å². The Hall–Kier alpha value is -3.04. The predicted molar refractivity (Wildman–Crippen MR) is 202 cm³/mol. The maximum atomic E-state index is 13.1. The second-order valence-electron chi connectivity index (χ2n) is 13.8. The fourth-order valence-corrected chi connectivity index (χ4v) is 9.15. The zero-order valence-electron chi connectivity index (χ0n) is 29.5. The number of aryl methyl sites for hydroxylation is 4. The van der Waals surface area contributed by atoms with E-state index in [9.17, 15) is 17.2 Å². The molecule has 0 aromatic heterocycles. The van der Waals surface area contributed by atoms with Crippen molar-refractivity contribution in [3.05, 3.63) is 119 Å². The Morgan fingerprint density at radius 3 is 1.24 bits per heavy atom. The van der Waals surface area contributed by atoms with Gasteiger partial charge < -0.3 is 10.6 Å². The summed E-state index contributed by atoms with van der Waals surface area (Å²) in [6.07, 6.45) is 12.1. The lowest BCUT2D eigenvalue weighted by molar-refractivity contribution is 0.347. The molecule has 2 aliphatic rings. The summed E-state index contributed by atoms with van der Waals surface area (Å²) in [5.74, 6) is 1.09. The molecule has 2 heterocycles. The van der Waals surface area contributed by atoms with E-state index >= 15 is 0 Å². The van der Waals surface area contributed by atoms with Crippen molar-refractivity contribution in [2.24, 2.45) is 11.8 Å². The molecule has 4 aromatic carbocycles. The minimum atomic E-state index is -1.26. The van der Waals surface area contributed by atoms with E-state index in [1.165, 1.54) is 97.9 Å². The van der Waals surface area contributed by atoms with Crippen molar-refractivity contribution >= 4 is 21.6 Å². The van der Waals surface area contributed by atoms with E-state index < -0.39 is 21.6 Å². The molecule has 2 unspecified atom stereocenters. The molecule has 0 spiro atoms. The van der Waals surface area contributed by atoms with Gasteiger partial charge in [0.2, 0.25) is 0 Å². The van der Waals surface area contributed by atoms with Crippen LogP contribution in [-0.2, 0) is 34.4 Å². The lowest BCUT2D eigenvalue weighted by Gasteiger charge is -2.22. The summed E-state index contributed by atoms with van der Waals surface area (Å²) in [5, 5.41) is 6.83. The summed E-state index contributed by atoms with van der Waals surface area (Å²) in [6, 6.07) is 23.9. The third-order valence-electron chi connectivity index (χ3n) is 10.2. The number of benzene rings is 4. The smallest absolute Gasteiger partial charge is 0.123 e. The maximum absolute atomic E-state index is 13.1. The Balaban J connectivity index is 0.000000194. The van der Waals surface area contributed by atoms with Crippen molar-refractivity contribution in [1.82, 2.24) is 10.6 Å². The van der Waals surface area contributed by atoms with Gasteiger partial charge in [-0.1, -0.05) is 25.0 Å². The van der Waals surface area contributed by atoms with Crippen LogP contribution in [0.5, 0.6) is 0 Å². The second-order valence-corrected chi connectivity index (χ2v) is 16.8. The van der Waals surface area contributed by atoms with Gasteiger partial charge >= 0.3 is 0 Å². The molecule has 268 valence electrons. The van der Waals surface area contributed by atoms with Crippen LogP contribution in [0.15, 0.2) is 105 Å². The lowest BCUT2D eigenvalue weighted by atomic mass is 9.91. The molecule has 4 nitrogen and oxygen atoms in total. The van der Waals surface area contributed by atoms with E-state index in [1.807, 2.05) is 12.1 Å². The van der Waals surface area contributed by atoms with Gasteiger partial charge in [0.1, 0.15) is 11.6 Å². The molecular formula is C42H52F2N2O2S2. The standard InChI is InChI=1S/2C21H26FNOS/c2*1-16-5-8-21(25(24)20-9-6-19(22)7-10-20)15-18(16)4-2-3-17-11-13-23-14-12-17/h2*5-10,15,17,23H,2-4,11-14H2,1H3. The number of hydrogen-bond donors (Lipinski definition) is 2. The van der Waals surface area contributed by atoms with Gasteiger partial charge in [-0.3, -0.25) is 0 Å². The zero-order valence-corrected chi connectivity index (χ0v) is 31.2. The summed E-state index contributed by atoms with van der Waals surface area (Å²) in [5.41, 5.74) is 5.07. The Bertz CT molecular complexity index is 1570. The Labute approximate surface area is 302 Å². The third kappa shape index (κ3) is 11.5. The van der Waals surface area contributed by atoms with E-state index in [0.29, 0.717) is 9.79 Å². The van der Waals surface area contributed by atoms with E-state index in [1.54, 1.807) is 24.3 Å². The molecule has 8 heteroatoms. The number of rotatable bonds is 12. The second kappa shape index (κ2) is 19.5. The normalized spacial score (nSPS) is 16.7. The highest BCUT2D eigenvalue weighted by molar-refractivity contribution is 7.85. The van der Waals surface area contributed by atoms with Crippen LogP contribution < -0.4 is 10.6 Å². The SMILES string of the molecule is Cc1ccc(S(=O)c2ccc(F)cc2)cc1CCCC1CCNCC1.Cc1ccc(S(=O)c2ccc(F)cc2)cc1CCCC1CCNCC1. The molecule has 50 heavy (non-hydrogen) atoms. The summed E-state index contributed by atoms with van der Waals surface area (Å²) in [6.45, 7) is 8.83. The summed E-state index contributed by atoms with van der Waals surface area (Å²) in [7, 11) is -2.52. The topological polar surface area (TPSA) is 58.2 Å². The number of halogens is 2. The summed E-state index contributed by atoms with van der Waals surface area (Å²) < 4.78 is 51.6. The van der Waals surface area contributed by atoms with E-state index in [0.717, 1.165) is 60.6 Å². The monoisotopic (exact) mass is 718 g/mol. The third-order valence-corrected chi connectivity index (χ3v) is 12.9. The van der Waals surface area contributed by atoms with Crippen LogP contribution in [0.2, 0.25) is 0 Å². The highest BCUT2D eigenvalue weighted by Gasteiger charge is 2.15. The van der Waals surface area contributed by atoms with Crippen LogP contribution in [0, 0.1) is 37.3 Å². The molecule has 0 amide bonds. The predicted octanol–water partition coefficient (Wildman–Crippen LogP) is 9.25. The molecule has 2 fully saturated rings. The lowest BCUT2D eigenvalue weighted by Crippen LogP contribution is -2.27. The van der Waals surface area contributed by atoms with Crippen LogP contribution in [0.3, 0.4) is 0 Å². The van der Waals surface area contributed by atoms with Crippen molar-refractivity contribution in [3.8, 4) is 0 Å². The largest absolute Gasteiger partial charge is 0.317 e. The molecule has 0 saturated carbocycles. The number of hydrogen-bond acceptors (Lipinski definition) is 4. The summed E-state index contributed by atoms with van der Waals surface area (Å²) >= 11 is 0. The fraction of sp³-hybridized carbons (Fsp3) is 0.429. The van der Waals surface area contributed by atoms with Crippen LogP contribution >= 0.6 is 0 Å². The molecule has 0 radical (unpaired) electrons. The molecule has 2 saturated heterocycles. The first-order valence-electron chi connectivity index (χ1n) is 18.2. The van der Waals surface area contributed by atoms with Crippen LogP contribution in [0.25, 0.3) is 0 Å². The van der Waals surface area contributed by atoms with E-state index in [-0.39, 0.29) is 11.6 Å². The minimum Gasteiger partial charge on any atom is -0.317 e. The van der Waals surface area contributed by atoms with Gasteiger partial charge in [0.15, 0.2) is 0 Å². The molecule has 2 N–H and O–H groups in total. The molecule has 4 aromatic rings. The molecular weight excluding hydrogens is 667 g/mol. The van der Waals surface area contributed by atoms with Crippen molar-refractivity contribution in [1.29, 1.82) is 0 Å². The molecule has 2 aliphatic heterocycles. The van der Waals surface area contributed by atoms with E-state index in [4.69, 9.17) is 0 Å². The molecule has 6 rings (SSSR count). The van der Waals surface area contributed by atoms with Gasteiger partial charge in [0.05, 0.1) is 21.6 Å².